The lowest BCUT2D eigenvalue weighted by molar-refractivity contribution is -0.138. The van der Waals surface area contributed by atoms with E-state index >= 15 is 0 Å². The Bertz CT molecular complexity index is 614. The molecule has 0 unspecified atom stereocenters. The van der Waals surface area contributed by atoms with E-state index < -0.39 is 0 Å². The fraction of sp³-hybridized carbons (Fsp3) is 0.294. The van der Waals surface area contributed by atoms with Gasteiger partial charge in [-0.05, 0) is 37.1 Å². The Morgan fingerprint density at radius 3 is 2.59 bits per heavy atom. The van der Waals surface area contributed by atoms with Crippen LogP contribution in [0.3, 0.4) is 0 Å². The number of rotatable bonds is 6. The molecule has 0 aliphatic heterocycles. The predicted molar refractivity (Wildman–Crippen MR) is 82.3 cm³/mol. The highest BCUT2D eigenvalue weighted by Crippen LogP contribution is 2.19. The summed E-state index contributed by atoms with van der Waals surface area (Å²) in [7, 11) is 1.59. The number of carbonyl (C=O) groups excluding carboxylic acids is 2. The average Bonchev–Trinajstić information content (AvgIpc) is 2.96. The first-order chi connectivity index (χ1) is 10.6. The topological polar surface area (TPSA) is 64.6 Å². The molecule has 116 valence electrons. The summed E-state index contributed by atoms with van der Waals surface area (Å²) in [5, 5.41) is 2.77. The lowest BCUT2D eigenvalue weighted by Gasteiger charge is -2.09. The van der Waals surface area contributed by atoms with Crippen LogP contribution in [0.1, 0.15) is 18.9 Å². The van der Waals surface area contributed by atoms with E-state index in [2.05, 4.69) is 5.32 Å². The summed E-state index contributed by atoms with van der Waals surface area (Å²) < 4.78 is 10.1. The summed E-state index contributed by atoms with van der Waals surface area (Å²) >= 11 is 0. The van der Waals surface area contributed by atoms with Crippen LogP contribution in [0.5, 0.6) is 5.75 Å². The number of amides is 1. The molecule has 0 spiro atoms. The van der Waals surface area contributed by atoms with Gasteiger partial charge in [0.05, 0.1) is 31.4 Å². The van der Waals surface area contributed by atoms with Gasteiger partial charge in [0.15, 0.2) is 0 Å². The summed E-state index contributed by atoms with van der Waals surface area (Å²) in [4.78, 5) is 23.9. The van der Waals surface area contributed by atoms with Gasteiger partial charge >= 0.3 is 5.97 Å². The molecule has 1 aromatic carbocycles. The zero-order valence-corrected chi connectivity index (χ0v) is 12.7. The van der Waals surface area contributed by atoms with Crippen molar-refractivity contribution in [2.75, 3.05) is 13.7 Å². The molecule has 1 aromatic rings. The van der Waals surface area contributed by atoms with Gasteiger partial charge in [-0.1, -0.05) is 18.2 Å². The number of carbonyl (C=O) groups is 2. The third-order valence-electron chi connectivity index (χ3n) is 3.25. The standard InChI is InChI=1S/C17H19NO4/c1-3-22-17(20)14-5-4-6-15(14)18-16(19)11-12-7-9-13(21-2)10-8-12/h4,6-10H,3,5,11H2,1-2H3,(H,18,19). The molecule has 0 aromatic heterocycles. The van der Waals surface area contributed by atoms with E-state index in [-0.39, 0.29) is 18.3 Å². The first-order valence-corrected chi connectivity index (χ1v) is 7.13. The Hall–Kier alpha value is -2.56. The Balaban J connectivity index is 1.99. The zero-order valence-electron chi connectivity index (χ0n) is 12.7. The van der Waals surface area contributed by atoms with Gasteiger partial charge in [-0.2, -0.15) is 0 Å². The highest BCUT2D eigenvalue weighted by Gasteiger charge is 2.19. The van der Waals surface area contributed by atoms with Crippen molar-refractivity contribution in [1.82, 2.24) is 5.32 Å². The number of methoxy groups -OCH3 is 1. The quantitative estimate of drug-likeness (QED) is 0.818. The number of hydrogen-bond acceptors (Lipinski definition) is 4. The highest BCUT2D eigenvalue weighted by molar-refractivity contribution is 5.93. The van der Waals surface area contributed by atoms with E-state index in [0.717, 1.165) is 11.3 Å². The summed E-state index contributed by atoms with van der Waals surface area (Å²) in [5.74, 6) is 0.191. The normalized spacial score (nSPS) is 13.2. The Morgan fingerprint density at radius 2 is 1.95 bits per heavy atom. The molecule has 0 bridgehead atoms. The second-order valence-electron chi connectivity index (χ2n) is 4.79. The van der Waals surface area contributed by atoms with Gasteiger partial charge in [0.2, 0.25) is 5.91 Å². The van der Waals surface area contributed by atoms with Crippen LogP contribution >= 0.6 is 0 Å². The van der Waals surface area contributed by atoms with Gasteiger partial charge in [-0.25, -0.2) is 4.79 Å². The second-order valence-corrected chi connectivity index (χ2v) is 4.79. The molecular formula is C17H19NO4. The molecule has 0 heterocycles. The fourth-order valence-corrected chi connectivity index (χ4v) is 2.16. The largest absolute Gasteiger partial charge is 0.497 e. The van der Waals surface area contributed by atoms with Gasteiger partial charge in [0.25, 0.3) is 0 Å². The van der Waals surface area contributed by atoms with Crippen molar-refractivity contribution in [1.29, 1.82) is 0 Å². The maximum atomic E-state index is 12.1. The van der Waals surface area contributed by atoms with Crippen molar-refractivity contribution < 1.29 is 19.1 Å². The molecule has 2 rings (SSSR count). The van der Waals surface area contributed by atoms with E-state index in [1.165, 1.54) is 0 Å². The van der Waals surface area contributed by atoms with E-state index in [4.69, 9.17) is 9.47 Å². The summed E-state index contributed by atoms with van der Waals surface area (Å²) in [6, 6.07) is 7.29. The van der Waals surface area contributed by atoms with Crippen LogP contribution in [-0.2, 0) is 20.7 Å². The summed E-state index contributed by atoms with van der Waals surface area (Å²) in [5.41, 5.74) is 1.89. The lowest BCUT2D eigenvalue weighted by Crippen LogP contribution is -2.25. The molecule has 0 saturated carbocycles. The van der Waals surface area contributed by atoms with Crippen molar-refractivity contribution in [2.45, 2.75) is 19.8 Å². The molecule has 1 aliphatic rings. The lowest BCUT2D eigenvalue weighted by atomic mass is 10.1. The van der Waals surface area contributed by atoms with Gasteiger partial charge in [-0.15, -0.1) is 0 Å². The summed E-state index contributed by atoms with van der Waals surface area (Å²) in [6.07, 6.45) is 4.28. The number of hydrogen-bond donors (Lipinski definition) is 1. The Labute approximate surface area is 129 Å². The number of esters is 1. The minimum Gasteiger partial charge on any atom is -0.497 e. The van der Waals surface area contributed by atoms with Crippen molar-refractivity contribution in [3.8, 4) is 5.75 Å². The second kappa shape index (κ2) is 7.45. The van der Waals surface area contributed by atoms with Gasteiger partial charge in [0, 0.05) is 0 Å². The van der Waals surface area contributed by atoms with Crippen LogP contribution in [-0.4, -0.2) is 25.6 Å². The molecule has 22 heavy (non-hydrogen) atoms. The number of allylic oxidation sites excluding steroid dienone is 2. The number of ether oxygens (including phenoxy) is 2. The third-order valence-corrected chi connectivity index (χ3v) is 3.25. The van der Waals surface area contributed by atoms with Gasteiger partial charge in [-0.3, -0.25) is 4.79 Å². The van der Waals surface area contributed by atoms with Crippen LogP contribution in [0.4, 0.5) is 0 Å². The third kappa shape index (κ3) is 3.97. The molecule has 0 fully saturated rings. The van der Waals surface area contributed by atoms with E-state index in [0.29, 0.717) is 24.3 Å². The SMILES string of the molecule is CCOC(=O)C1=C(NC(=O)Cc2ccc(OC)cc2)C=CC1. The molecule has 0 atom stereocenters. The van der Waals surface area contributed by atoms with Crippen LogP contribution in [0.25, 0.3) is 0 Å². The minimum atomic E-state index is -0.382. The monoisotopic (exact) mass is 301 g/mol. The maximum absolute atomic E-state index is 12.1. The Morgan fingerprint density at radius 1 is 1.23 bits per heavy atom. The highest BCUT2D eigenvalue weighted by atomic mass is 16.5. The van der Waals surface area contributed by atoms with Crippen molar-refractivity contribution >= 4 is 11.9 Å². The van der Waals surface area contributed by atoms with Crippen LogP contribution in [0, 0.1) is 0 Å². The summed E-state index contributed by atoms with van der Waals surface area (Å²) in [6.45, 7) is 2.07. The van der Waals surface area contributed by atoms with Gasteiger partial charge in [0.1, 0.15) is 5.75 Å². The molecule has 0 radical (unpaired) electrons. The molecule has 1 aliphatic carbocycles. The van der Waals surface area contributed by atoms with E-state index in [9.17, 15) is 9.59 Å². The van der Waals surface area contributed by atoms with Crippen LogP contribution < -0.4 is 10.1 Å². The predicted octanol–water partition coefficient (Wildman–Crippen LogP) is 2.13. The molecule has 0 saturated heterocycles. The molecular weight excluding hydrogens is 282 g/mol. The molecule has 1 amide bonds. The van der Waals surface area contributed by atoms with Gasteiger partial charge < -0.3 is 14.8 Å². The first kappa shape index (κ1) is 15.8. The number of nitrogens with one attached hydrogen (secondary N) is 1. The fourth-order valence-electron chi connectivity index (χ4n) is 2.16. The number of benzene rings is 1. The van der Waals surface area contributed by atoms with E-state index in [1.807, 2.05) is 18.2 Å². The zero-order chi connectivity index (χ0) is 15.9. The minimum absolute atomic E-state index is 0.173. The van der Waals surface area contributed by atoms with Crippen molar-refractivity contribution in [3.05, 3.63) is 53.3 Å². The van der Waals surface area contributed by atoms with Crippen LogP contribution in [0.15, 0.2) is 47.7 Å². The maximum Gasteiger partial charge on any atom is 0.336 e. The Kier molecular flexibility index (Phi) is 5.36. The van der Waals surface area contributed by atoms with Crippen molar-refractivity contribution in [3.63, 3.8) is 0 Å². The molecule has 5 nitrogen and oxygen atoms in total. The molecule has 5 heteroatoms. The van der Waals surface area contributed by atoms with Crippen molar-refractivity contribution in [2.24, 2.45) is 0 Å². The first-order valence-electron chi connectivity index (χ1n) is 7.13. The average molecular weight is 301 g/mol. The smallest absolute Gasteiger partial charge is 0.336 e. The van der Waals surface area contributed by atoms with Crippen LogP contribution in [0.2, 0.25) is 0 Å². The van der Waals surface area contributed by atoms with E-state index in [1.54, 1.807) is 32.2 Å². The molecule has 1 N–H and O–H groups in total.